The number of anilines is 1. The summed E-state index contributed by atoms with van der Waals surface area (Å²) >= 11 is 0.515. The zero-order chi connectivity index (χ0) is 13.4. The molecule has 1 aromatic rings. The van der Waals surface area contributed by atoms with Gasteiger partial charge < -0.3 is 5.11 Å². The van der Waals surface area contributed by atoms with Gasteiger partial charge in [0.05, 0.1) is 5.69 Å². The van der Waals surface area contributed by atoms with Crippen molar-refractivity contribution in [2.24, 2.45) is 0 Å². The molecule has 1 amide bonds. The average Bonchev–Trinajstić information content (AvgIpc) is 2.56. The van der Waals surface area contributed by atoms with Crippen molar-refractivity contribution in [1.82, 2.24) is 4.98 Å². The van der Waals surface area contributed by atoms with Crippen LogP contribution in [-0.2, 0) is 4.79 Å². The first-order valence-corrected chi connectivity index (χ1v) is 5.02. The predicted octanol–water partition coefficient (Wildman–Crippen LogP) is 1.67. The molecule has 0 unspecified atom stereocenters. The summed E-state index contributed by atoms with van der Waals surface area (Å²) in [5, 5.41) is 8.40. The molecule has 0 aliphatic heterocycles. The largest absolute Gasteiger partial charge is 0.477 e. The number of aryl methyl sites for hydroxylation is 1. The van der Waals surface area contributed by atoms with E-state index in [1.54, 1.807) is 0 Å². The summed E-state index contributed by atoms with van der Waals surface area (Å²) in [6.07, 6.45) is -5.02. The first-order chi connectivity index (χ1) is 7.64. The number of nitrogens with zero attached hydrogens (tertiary/aromatic N) is 2. The van der Waals surface area contributed by atoms with E-state index in [4.69, 9.17) is 5.11 Å². The molecule has 1 aromatic heterocycles. The molecule has 1 N–H and O–H groups in total. The minimum absolute atomic E-state index is 0.0688. The molecular weight excluding hydrogens is 261 g/mol. The van der Waals surface area contributed by atoms with E-state index < -0.39 is 18.1 Å². The topological polar surface area (TPSA) is 70.5 Å². The molecule has 0 aromatic carbocycles. The van der Waals surface area contributed by atoms with E-state index in [0.29, 0.717) is 11.3 Å². The van der Waals surface area contributed by atoms with Crippen LogP contribution in [0.15, 0.2) is 0 Å². The van der Waals surface area contributed by atoms with Gasteiger partial charge in [0, 0.05) is 7.05 Å². The second kappa shape index (κ2) is 4.32. The van der Waals surface area contributed by atoms with Gasteiger partial charge in [0.2, 0.25) is 0 Å². The molecule has 0 bridgehead atoms. The Morgan fingerprint density at radius 1 is 1.41 bits per heavy atom. The van der Waals surface area contributed by atoms with Gasteiger partial charge in [0.25, 0.3) is 0 Å². The SMILES string of the molecule is Cc1nc(N(C)C(=O)C(F)(F)F)sc1C(=O)O. The third kappa shape index (κ3) is 2.73. The number of aromatic nitrogens is 1. The lowest BCUT2D eigenvalue weighted by molar-refractivity contribution is -0.170. The van der Waals surface area contributed by atoms with Gasteiger partial charge in [0.15, 0.2) is 5.13 Å². The summed E-state index contributed by atoms with van der Waals surface area (Å²) in [6.45, 7) is 1.34. The third-order valence-corrected chi connectivity index (χ3v) is 3.04. The zero-order valence-corrected chi connectivity index (χ0v) is 9.52. The Labute approximate surface area is 97.5 Å². The Balaban J connectivity index is 3.06. The molecule has 0 saturated heterocycles. The van der Waals surface area contributed by atoms with Crippen molar-refractivity contribution < 1.29 is 27.9 Å². The van der Waals surface area contributed by atoms with Gasteiger partial charge in [-0.25, -0.2) is 9.78 Å². The minimum Gasteiger partial charge on any atom is -0.477 e. The lowest BCUT2D eigenvalue weighted by Gasteiger charge is -2.15. The maximum Gasteiger partial charge on any atom is 0.471 e. The van der Waals surface area contributed by atoms with Crippen LogP contribution >= 0.6 is 11.3 Å². The molecule has 0 saturated carbocycles. The molecule has 0 radical (unpaired) electrons. The quantitative estimate of drug-likeness (QED) is 0.885. The average molecular weight is 268 g/mol. The maximum atomic E-state index is 12.1. The van der Waals surface area contributed by atoms with Crippen molar-refractivity contribution in [3.8, 4) is 0 Å². The molecule has 1 rings (SSSR count). The number of thiazole rings is 1. The van der Waals surface area contributed by atoms with Crippen LogP contribution in [0.3, 0.4) is 0 Å². The molecule has 5 nitrogen and oxygen atoms in total. The van der Waals surface area contributed by atoms with Crippen LogP contribution in [0, 0.1) is 6.92 Å². The molecule has 0 aliphatic carbocycles. The normalized spacial score (nSPS) is 11.4. The van der Waals surface area contributed by atoms with Gasteiger partial charge in [-0.2, -0.15) is 13.2 Å². The summed E-state index contributed by atoms with van der Waals surface area (Å²) in [5.41, 5.74) is 0.0688. The molecule has 9 heteroatoms. The first-order valence-electron chi connectivity index (χ1n) is 4.20. The van der Waals surface area contributed by atoms with Crippen LogP contribution in [0.2, 0.25) is 0 Å². The van der Waals surface area contributed by atoms with E-state index in [0.717, 1.165) is 7.05 Å². The van der Waals surface area contributed by atoms with E-state index in [-0.39, 0.29) is 20.6 Å². The van der Waals surface area contributed by atoms with Gasteiger partial charge in [0.1, 0.15) is 4.88 Å². The Kier molecular flexibility index (Phi) is 3.41. The minimum atomic E-state index is -5.02. The highest BCUT2D eigenvalue weighted by Crippen LogP contribution is 2.28. The Morgan fingerprint density at radius 3 is 2.29 bits per heavy atom. The Morgan fingerprint density at radius 2 is 1.94 bits per heavy atom. The number of carbonyl (C=O) groups excluding carboxylic acids is 1. The number of aromatic carboxylic acids is 1. The number of rotatable bonds is 2. The summed E-state index contributed by atoms with van der Waals surface area (Å²) < 4.78 is 36.4. The van der Waals surface area contributed by atoms with Crippen LogP contribution in [0.5, 0.6) is 0 Å². The van der Waals surface area contributed by atoms with Gasteiger partial charge in [-0.15, -0.1) is 0 Å². The number of amides is 1. The molecule has 0 spiro atoms. The molecule has 0 atom stereocenters. The second-order valence-electron chi connectivity index (χ2n) is 3.08. The summed E-state index contributed by atoms with van der Waals surface area (Å²) in [5.74, 6) is -3.39. The van der Waals surface area contributed by atoms with Crippen LogP contribution in [0.25, 0.3) is 0 Å². The Bertz CT molecular complexity index is 469. The molecule has 0 fully saturated rings. The van der Waals surface area contributed by atoms with Crippen LogP contribution < -0.4 is 4.90 Å². The predicted molar refractivity (Wildman–Crippen MR) is 53.3 cm³/mol. The number of halogens is 3. The third-order valence-electron chi connectivity index (χ3n) is 1.81. The van der Waals surface area contributed by atoms with E-state index >= 15 is 0 Å². The zero-order valence-electron chi connectivity index (χ0n) is 8.70. The van der Waals surface area contributed by atoms with E-state index in [9.17, 15) is 22.8 Å². The number of carboxylic acids is 1. The van der Waals surface area contributed by atoms with Gasteiger partial charge in [-0.3, -0.25) is 9.69 Å². The van der Waals surface area contributed by atoms with Crippen LogP contribution in [-0.4, -0.2) is 35.2 Å². The van der Waals surface area contributed by atoms with Gasteiger partial charge in [-0.1, -0.05) is 11.3 Å². The number of hydrogen-bond donors (Lipinski definition) is 1. The van der Waals surface area contributed by atoms with Crippen molar-refractivity contribution in [3.05, 3.63) is 10.6 Å². The van der Waals surface area contributed by atoms with Crippen LogP contribution in [0.1, 0.15) is 15.4 Å². The number of alkyl halides is 3. The molecular formula is C8H7F3N2O3S. The van der Waals surface area contributed by atoms with E-state index in [1.807, 2.05) is 0 Å². The van der Waals surface area contributed by atoms with Crippen molar-refractivity contribution in [3.63, 3.8) is 0 Å². The van der Waals surface area contributed by atoms with E-state index in [2.05, 4.69) is 4.98 Å². The number of carbonyl (C=O) groups is 2. The molecule has 17 heavy (non-hydrogen) atoms. The van der Waals surface area contributed by atoms with Crippen molar-refractivity contribution in [2.75, 3.05) is 11.9 Å². The maximum absolute atomic E-state index is 12.1. The second-order valence-corrected chi connectivity index (χ2v) is 4.06. The summed E-state index contributed by atoms with van der Waals surface area (Å²) in [6, 6.07) is 0. The monoisotopic (exact) mass is 268 g/mol. The first kappa shape index (κ1) is 13.4. The standard InChI is InChI=1S/C8H7F3N2O3S/c1-3-4(5(14)15)17-7(12-3)13(2)6(16)8(9,10)11/h1-2H3,(H,14,15). The highest BCUT2D eigenvalue weighted by Gasteiger charge is 2.42. The van der Waals surface area contributed by atoms with Crippen molar-refractivity contribution in [1.29, 1.82) is 0 Å². The summed E-state index contributed by atoms with van der Waals surface area (Å²) in [4.78, 5) is 25.2. The van der Waals surface area contributed by atoms with Crippen LogP contribution in [0.4, 0.5) is 18.3 Å². The van der Waals surface area contributed by atoms with Crippen molar-refractivity contribution in [2.45, 2.75) is 13.1 Å². The molecule has 0 aliphatic rings. The lowest BCUT2D eigenvalue weighted by atomic mass is 10.4. The Hall–Kier alpha value is -1.64. The fourth-order valence-corrected chi connectivity index (χ4v) is 1.87. The fraction of sp³-hybridized carbons (Fsp3) is 0.375. The highest BCUT2D eigenvalue weighted by atomic mass is 32.1. The smallest absolute Gasteiger partial charge is 0.471 e. The van der Waals surface area contributed by atoms with Gasteiger partial charge >= 0.3 is 18.1 Å². The van der Waals surface area contributed by atoms with Gasteiger partial charge in [-0.05, 0) is 6.92 Å². The number of carboxylic acid groups (broad SMARTS) is 1. The summed E-state index contributed by atoms with van der Waals surface area (Å²) in [7, 11) is 0.889. The molecule has 94 valence electrons. The lowest BCUT2D eigenvalue weighted by Crippen LogP contribution is -2.38. The highest BCUT2D eigenvalue weighted by molar-refractivity contribution is 7.17. The van der Waals surface area contributed by atoms with Crippen molar-refractivity contribution >= 4 is 28.3 Å². The molecule has 1 heterocycles. The van der Waals surface area contributed by atoms with E-state index in [1.165, 1.54) is 6.92 Å². The number of hydrogen-bond acceptors (Lipinski definition) is 4. The fourth-order valence-electron chi connectivity index (χ4n) is 1.00.